The molecule has 0 radical (unpaired) electrons. The lowest BCUT2D eigenvalue weighted by atomic mass is 10.0. The Morgan fingerprint density at radius 2 is 1.58 bits per heavy atom. The zero-order valence-corrected chi connectivity index (χ0v) is 24.2. The van der Waals surface area contributed by atoms with E-state index in [4.69, 9.17) is 34.8 Å². The Kier molecular flexibility index (Phi) is 10.1. The van der Waals surface area contributed by atoms with Crippen LogP contribution in [-0.4, -0.2) is 51.0 Å². The number of rotatable bonds is 10. The molecule has 0 aliphatic carbocycles. The van der Waals surface area contributed by atoms with Gasteiger partial charge >= 0.3 is 0 Å². The number of halogens is 3. The monoisotopic (exact) mass is 595 g/mol. The van der Waals surface area contributed by atoms with Gasteiger partial charge in [-0.15, -0.1) is 0 Å². The highest BCUT2D eigenvalue weighted by atomic mass is 35.5. The van der Waals surface area contributed by atoms with Crippen LogP contribution in [0.2, 0.25) is 15.1 Å². The van der Waals surface area contributed by atoms with Crippen LogP contribution in [0.15, 0.2) is 66.7 Å². The standard InChI is InChI=1S/C27H28Cl3N3O4S/c1-18-9-11-21(15-23(18)29)33(38(3,36)37)17-26(34)32(16-20-10-12-22(28)24(30)13-20)25(27(35)31-2)14-19-7-5-4-6-8-19/h4-13,15,25H,14,16-17H2,1-3H3,(H,31,35). The lowest BCUT2D eigenvalue weighted by Crippen LogP contribution is -2.52. The van der Waals surface area contributed by atoms with E-state index in [9.17, 15) is 18.0 Å². The van der Waals surface area contributed by atoms with Gasteiger partial charge in [-0.25, -0.2) is 8.42 Å². The van der Waals surface area contributed by atoms with Crippen molar-refractivity contribution in [2.24, 2.45) is 0 Å². The fourth-order valence-electron chi connectivity index (χ4n) is 3.91. The number of likely N-dealkylation sites (N-methyl/N-ethyl adjacent to an activating group) is 1. The molecule has 3 aromatic rings. The van der Waals surface area contributed by atoms with Crippen LogP contribution < -0.4 is 9.62 Å². The maximum Gasteiger partial charge on any atom is 0.244 e. The minimum absolute atomic E-state index is 0.00705. The number of hydrogen-bond acceptors (Lipinski definition) is 4. The van der Waals surface area contributed by atoms with Crippen LogP contribution in [0, 0.1) is 6.92 Å². The second-order valence-corrected chi connectivity index (χ2v) is 11.9. The summed E-state index contributed by atoms with van der Waals surface area (Å²) in [6, 6.07) is 18.0. The molecule has 0 aromatic heterocycles. The summed E-state index contributed by atoms with van der Waals surface area (Å²) in [5.74, 6) is -0.978. The van der Waals surface area contributed by atoms with E-state index >= 15 is 0 Å². The number of anilines is 1. The predicted octanol–water partition coefficient (Wildman–Crippen LogP) is 5.11. The van der Waals surface area contributed by atoms with Gasteiger partial charge in [0.1, 0.15) is 12.6 Å². The Hall–Kier alpha value is -2.78. The predicted molar refractivity (Wildman–Crippen MR) is 153 cm³/mol. The zero-order chi connectivity index (χ0) is 28.0. The second-order valence-electron chi connectivity index (χ2n) is 8.79. The molecule has 0 fully saturated rings. The molecule has 0 aliphatic rings. The first-order valence-electron chi connectivity index (χ1n) is 11.6. The SMILES string of the molecule is CNC(=O)C(Cc1ccccc1)N(Cc1ccc(Cl)c(Cl)c1)C(=O)CN(c1ccc(C)c(Cl)c1)S(C)(=O)=O. The summed E-state index contributed by atoms with van der Waals surface area (Å²) in [5, 5.41) is 3.63. The number of carbonyl (C=O) groups is 2. The van der Waals surface area contributed by atoms with E-state index in [1.165, 1.54) is 18.0 Å². The minimum Gasteiger partial charge on any atom is -0.357 e. The molecule has 0 aliphatic heterocycles. The lowest BCUT2D eigenvalue weighted by Gasteiger charge is -2.33. The lowest BCUT2D eigenvalue weighted by molar-refractivity contribution is -0.139. The average molecular weight is 597 g/mol. The quantitative estimate of drug-likeness (QED) is 0.353. The van der Waals surface area contributed by atoms with Gasteiger partial charge in [-0.2, -0.15) is 0 Å². The zero-order valence-electron chi connectivity index (χ0n) is 21.1. The largest absolute Gasteiger partial charge is 0.357 e. The van der Waals surface area contributed by atoms with Gasteiger partial charge in [0.15, 0.2) is 0 Å². The molecule has 0 saturated carbocycles. The van der Waals surface area contributed by atoms with E-state index in [0.29, 0.717) is 20.6 Å². The molecule has 0 saturated heterocycles. The van der Waals surface area contributed by atoms with E-state index < -0.39 is 34.4 Å². The minimum atomic E-state index is -3.88. The molecule has 3 aromatic carbocycles. The Morgan fingerprint density at radius 3 is 2.16 bits per heavy atom. The van der Waals surface area contributed by atoms with Gasteiger partial charge < -0.3 is 10.2 Å². The fraction of sp³-hybridized carbons (Fsp3) is 0.259. The number of aryl methyl sites for hydroxylation is 1. The molecule has 2 amide bonds. The summed E-state index contributed by atoms with van der Waals surface area (Å²) in [6.45, 7) is 1.24. The van der Waals surface area contributed by atoms with Crippen molar-refractivity contribution in [3.63, 3.8) is 0 Å². The van der Waals surface area contributed by atoms with Gasteiger partial charge in [-0.1, -0.05) is 77.3 Å². The Bertz CT molecular complexity index is 1420. The smallest absolute Gasteiger partial charge is 0.244 e. The summed E-state index contributed by atoms with van der Waals surface area (Å²) in [4.78, 5) is 28.3. The molecular formula is C27H28Cl3N3O4S. The average Bonchev–Trinajstić information content (AvgIpc) is 2.87. The molecule has 1 unspecified atom stereocenters. The fourth-order valence-corrected chi connectivity index (χ4v) is 5.24. The maximum absolute atomic E-state index is 13.9. The van der Waals surface area contributed by atoms with Crippen molar-refractivity contribution in [3.8, 4) is 0 Å². The molecule has 0 bridgehead atoms. The van der Waals surface area contributed by atoms with E-state index in [1.807, 2.05) is 30.3 Å². The van der Waals surface area contributed by atoms with Crippen LogP contribution in [0.25, 0.3) is 0 Å². The number of nitrogens with one attached hydrogen (secondary N) is 1. The van der Waals surface area contributed by atoms with Crippen LogP contribution in [0.1, 0.15) is 16.7 Å². The molecule has 0 heterocycles. The van der Waals surface area contributed by atoms with Crippen LogP contribution >= 0.6 is 34.8 Å². The van der Waals surface area contributed by atoms with Gasteiger partial charge in [0.25, 0.3) is 0 Å². The van der Waals surface area contributed by atoms with Crippen molar-refractivity contribution >= 4 is 62.3 Å². The van der Waals surface area contributed by atoms with Crippen LogP contribution in [0.4, 0.5) is 5.69 Å². The van der Waals surface area contributed by atoms with Crippen molar-refractivity contribution in [1.29, 1.82) is 0 Å². The van der Waals surface area contributed by atoms with Crippen molar-refractivity contribution in [2.75, 3.05) is 24.2 Å². The molecular weight excluding hydrogens is 569 g/mol. The van der Waals surface area contributed by atoms with Crippen LogP contribution in [0.3, 0.4) is 0 Å². The van der Waals surface area contributed by atoms with Gasteiger partial charge in [-0.3, -0.25) is 13.9 Å². The molecule has 1 N–H and O–H groups in total. The van der Waals surface area contributed by atoms with Gasteiger partial charge in [0.05, 0.1) is 22.0 Å². The third kappa shape index (κ3) is 7.63. The highest BCUT2D eigenvalue weighted by Crippen LogP contribution is 2.27. The molecule has 3 rings (SSSR count). The van der Waals surface area contributed by atoms with Crippen molar-refractivity contribution in [3.05, 3.63) is 98.5 Å². The number of hydrogen-bond donors (Lipinski definition) is 1. The number of carbonyl (C=O) groups excluding carboxylic acids is 2. The van der Waals surface area contributed by atoms with Crippen molar-refractivity contribution in [1.82, 2.24) is 10.2 Å². The number of nitrogens with zero attached hydrogens (tertiary/aromatic N) is 2. The summed E-state index contributed by atoms with van der Waals surface area (Å²) < 4.78 is 26.5. The first kappa shape index (κ1) is 29.8. The van der Waals surface area contributed by atoms with Crippen molar-refractivity contribution in [2.45, 2.75) is 25.9 Å². The Morgan fingerprint density at radius 1 is 0.895 bits per heavy atom. The number of amides is 2. The highest BCUT2D eigenvalue weighted by molar-refractivity contribution is 7.92. The first-order chi connectivity index (χ1) is 17.9. The highest BCUT2D eigenvalue weighted by Gasteiger charge is 2.32. The van der Waals surface area contributed by atoms with E-state index in [0.717, 1.165) is 21.7 Å². The third-order valence-corrected chi connectivity index (χ3v) is 8.26. The van der Waals surface area contributed by atoms with Gasteiger partial charge in [0, 0.05) is 25.0 Å². The molecule has 7 nitrogen and oxygen atoms in total. The molecule has 0 spiro atoms. The van der Waals surface area contributed by atoms with Gasteiger partial charge in [-0.05, 0) is 47.9 Å². The third-order valence-electron chi connectivity index (χ3n) is 5.98. The molecule has 11 heteroatoms. The second kappa shape index (κ2) is 12.8. The Balaban J connectivity index is 2.05. The molecule has 38 heavy (non-hydrogen) atoms. The summed E-state index contributed by atoms with van der Waals surface area (Å²) in [5.41, 5.74) is 2.46. The van der Waals surface area contributed by atoms with Gasteiger partial charge in [0.2, 0.25) is 21.8 Å². The topological polar surface area (TPSA) is 86.8 Å². The first-order valence-corrected chi connectivity index (χ1v) is 14.6. The number of benzene rings is 3. The number of sulfonamides is 1. The van der Waals surface area contributed by atoms with E-state index in [2.05, 4.69) is 5.32 Å². The van der Waals surface area contributed by atoms with E-state index in [1.54, 1.807) is 37.3 Å². The summed E-state index contributed by atoms with van der Waals surface area (Å²) >= 11 is 18.5. The molecule has 202 valence electrons. The van der Waals surface area contributed by atoms with Crippen LogP contribution in [-0.2, 0) is 32.6 Å². The van der Waals surface area contributed by atoms with Crippen LogP contribution in [0.5, 0.6) is 0 Å². The van der Waals surface area contributed by atoms with Crippen molar-refractivity contribution < 1.29 is 18.0 Å². The maximum atomic E-state index is 13.9. The summed E-state index contributed by atoms with van der Waals surface area (Å²) in [6.07, 6.45) is 1.22. The molecule has 1 atom stereocenters. The Labute approximate surface area is 238 Å². The summed E-state index contributed by atoms with van der Waals surface area (Å²) in [7, 11) is -2.40. The normalized spacial score (nSPS) is 12.1. The van der Waals surface area contributed by atoms with E-state index in [-0.39, 0.29) is 18.7 Å².